The molecule has 1 aliphatic carbocycles. The lowest BCUT2D eigenvalue weighted by molar-refractivity contribution is 0.0950. The van der Waals surface area contributed by atoms with Crippen molar-refractivity contribution in [1.82, 2.24) is 10.3 Å². The van der Waals surface area contributed by atoms with E-state index in [-0.39, 0.29) is 5.91 Å². The van der Waals surface area contributed by atoms with Crippen molar-refractivity contribution >= 4 is 5.91 Å². The van der Waals surface area contributed by atoms with Crippen LogP contribution < -0.4 is 5.32 Å². The Morgan fingerprint density at radius 1 is 1.16 bits per heavy atom. The van der Waals surface area contributed by atoms with Gasteiger partial charge in [-0.15, -0.1) is 0 Å². The maximum atomic E-state index is 12.1. The first-order chi connectivity index (χ1) is 9.33. The Kier molecular flexibility index (Phi) is 3.36. The van der Waals surface area contributed by atoms with E-state index in [1.165, 1.54) is 24.0 Å². The highest BCUT2D eigenvalue weighted by Crippen LogP contribution is 2.22. The molecule has 1 aromatic heterocycles. The summed E-state index contributed by atoms with van der Waals surface area (Å²) < 4.78 is 0. The Balaban J connectivity index is 1.69. The maximum absolute atomic E-state index is 12.1. The van der Waals surface area contributed by atoms with Gasteiger partial charge in [0.2, 0.25) is 0 Å². The van der Waals surface area contributed by atoms with E-state index in [1.807, 2.05) is 24.4 Å². The number of nitrogens with one attached hydrogen (secondary N) is 2. The van der Waals surface area contributed by atoms with Gasteiger partial charge in [-0.2, -0.15) is 0 Å². The molecular weight excluding hydrogens is 236 g/mol. The van der Waals surface area contributed by atoms with Gasteiger partial charge in [0.05, 0.1) is 6.54 Å². The monoisotopic (exact) mass is 254 g/mol. The van der Waals surface area contributed by atoms with Crippen LogP contribution in [-0.2, 0) is 19.4 Å². The third-order valence-electron chi connectivity index (χ3n) is 3.71. The molecular formula is C16H18N2O. The van der Waals surface area contributed by atoms with Crippen LogP contribution in [0.3, 0.4) is 0 Å². The molecule has 2 N–H and O–H groups in total. The molecule has 3 rings (SSSR count). The zero-order valence-corrected chi connectivity index (χ0v) is 10.9. The Morgan fingerprint density at radius 3 is 2.79 bits per heavy atom. The van der Waals surface area contributed by atoms with E-state index in [0.717, 1.165) is 24.1 Å². The number of hydrogen-bond acceptors (Lipinski definition) is 1. The average Bonchev–Trinajstić information content (AvgIpc) is 2.97. The van der Waals surface area contributed by atoms with Crippen LogP contribution in [0.1, 0.15) is 40.0 Å². The first-order valence-corrected chi connectivity index (χ1v) is 6.85. The maximum Gasteiger partial charge on any atom is 0.251 e. The Labute approximate surface area is 113 Å². The molecule has 0 fully saturated rings. The lowest BCUT2D eigenvalue weighted by atomic mass is 9.90. The van der Waals surface area contributed by atoms with Gasteiger partial charge < -0.3 is 10.3 Å². The number of carbonyl (C=O) groups is 1. The fraction of sp³-hybridized carbons (Fsp3) is 0.312. The normalized spacial score (nSPS) is 13.9. The highest BCUT2D eigenvalue weighted by atomic mass is 16.1. The summed E-state index contributed by atoms with van der Waals surface area (Å²) in [6.07, 6.45) is 6.62. The summed E-state index contributed by atoms with van der Waals surface area (Å²) in [7, 11) is 0. The number of carbonyl (C=O) groups excluding carboxylic acids is 1. The van der Waals surface area contributed by atoms with Gasteiger partial charge in [-0.3, -0.25) is 4.79 Å². The number of amides is 1. The lowest BCUT2D eigenvalue weighted by Crippen LogP contribution is -2.23. The van der Waals surface area contributed by atoms with Gasteiger partial charge in [0, 0.05) is 17.5 Å². The molecule has 3 nitrogen and oxygen atoms in total. The van der Waals surface area contributed by atoms with Crippen LogP contribution in [0.2, 0.25) is 0 Å². The van der Waals surface area contributed by atoms with Gasteiger partial charge in [-0.05, 0) is 61.1 Å². The lowest BCUT2D eigenvalue weighted by Gasteiger charge is -2.16. The number of aromatic amines is 1. The van der Waals surface area contributed by atoms with Gasteiger partial charge in [-0.1, -0.05) is 6.07 Å². The third-order valence-corrected chi connectivity index (χ3v) is 3.71. The van der Waals surface area contributed by atoms with E-state index in [1.54, 1.807) is 0 Å². The molecule has 1 aliphatic rings. The van der Waals surface area contributed by atoms with E-state index >= 15 is 0 Å². The van der Waals surface area contributed by atoms with Gasteiger partial charge in [0.25, 0.3) is 5.91 Å². The van der Waals surface area contributed by atoms with Crippen molar-refractivity contribution in [2.45, 2.75) is 32.2 Å². The van der Waals surface area contributed by atoms with Gasteiger partial charge >= 0.3 is 0 Å². The summed E-state index contributed by atoms with van der Waals surface area (Å²) >= 11 is 0. The van der Waals surface area contributed by atoms with Gasteiger partial charge in [-0.25, -0.2) is 0 Å². The van der Waals surface area contributed by atoms with Crippen LogP contribution in [0.25, 0.3) is 0 Å². The molecule has 1 aromatic carbocycles. The van der Waals surface area contributed by atoms with Crippen molar-refractivity contribution in [3.05, 3.63) is 58.9 Å². The molecule has 3 heteroatoms. The third kappa shape index (κ3) is 2.70. The molecule has 0 spiro atoms. The second-order valence-electron chi connectivity index (χ2n) is 5.07. The predicted octanol–water partition coefficient (Wildman–Crippen LogP) is 2.82. The number of H-pyrrole nitrogens is 1. The van der Waals surface area contributed by atoms with Crippen molar-refractivity contribution in [3.63, 3.8) is 0 Å². The Hall–Kier alpha value is -2.03. The predicted molar refractivity (Wildman–Crippen MR) is 75.0 cm³/mol. The minimum Gasteiger partial charge on any atom is -0.364 e. The molecule has 0 atom stereocenters. The first-order valence-electron chi connectivity index (χ1n) is 6.85. The van der Waals surface area contributed by atoms with E-state index in [2.05, 4.69) is 22.4 Å². The Bertz CT molecular complexity index is 572. The summed E-state index contributed by atoms with van der Waals surface area (Å²) in [6.45, 7) is 0.545. The quantitative estimate of drug-likeness (QED) is 0.869. The average molecular weight is 254 g/mol. The molecule has 2 aromatic rings. The van der Waals surface area contributed by atoms with Crippen LogP contribution in [0, 0.1) is 0 Å². The fourth-order valence-electron chi connectivity index (χ4n) is 2.63. The van der Waals surface area contributed by atoms with E-state index in [4.69, 9.17) is 0 Å². The summed E-state index contributed by atoms with van der Waals surface area (Å²) in [5.41, 5.74) is 4.55. The summed E-state index contributed by atoms with van der Waals surface area (Å²) in [5.74, 6) is 0.00275. The molecule has 1 heterocycles. The van der Waals surface area contributed by atoms with E-state index in [9.17, 15) is 4.79 Å². The van der Waals surface area contributed by atoms with E-state index in [0.29, 0.717) is 6.54 Å². The number of fused-ring (bicyclic) bond motifs is 1. The molecule has 1 amide bonds. The smallest absolute Gasteiger partial charge is 0.251 e. The number of aromatic nitrogens is 1. The molecule has 19 heavy (non-hydrogen) atoms. The standard InChI is InChI=1S/C16H18N2O/c19-16(18-11-15-6-3-9-17-15)14-8-7-12-4-1-2-5-13(12)10-14/h3,6-10,17H,1-2,4-5,11H2,(H,18,19). The number of hydrogen-bond donors (Lipinski definition) is 2. The van der Waals surface area contributed by atoms with Crippen LogP contribution in [0.15, 0.2) is 36.5 Å². The largest absolute Gasteiger partial charge is 0.364 e. The van der Waals surface area contributed by atoms with Crippen molar-refractivity contribution in [2.24, 2.45) is 0 Å². The van der Waals surface area contributed by atoms with Crippen molar-refractivity contribution in [3.8, 4) is 0 Å². The zero-order chi connectivity index (χ0) is 13.1. The molecule has 0 saturated carbocycles. The molecule has 0 bridgehead atoms. The fourth-order valence-corrected chi connectivity index (χ4v) is 2.63. The number of rotatable bonds is 3. The highest BCUT2D eigenvalue weighted by Gasteiger charge is 2.12. The van der Waals surface area contributed by atoms with Gasteiger partial charge in [0.1, 0.15) is 0 Å². The topological polar surface area (TPSA) is 44.9 Å². The van der Waals surface area contributed by atoms with E-state index < -0.39 is 0 Å². The van der Waals surface area contributed by atoms with Crippen molar-refractivity contribution in [1.29, 1.82) is 0 Å². The summed E-state index contributed by atoms with van der Waals surface area (Å²) in [5, 5.41) is 2.94. The zero-order valence-electron chi connectivity index (χ0n) is 10.9. The van der Waals surface area contributed by atoms with Crippen LogP contribution in [-0.4, -0.2) is 10.9 Å². The molecule has 0 aliphatic heterocycles. The molecule has 0 unspecified atom stereocenters. The highest BCUT2D eigenvalue weighted by molar-refractivity contribution is 5.94. The molecule has 98 valence electrons. The van der Waals surface area contributed by atoms with Crippen LogP contribution in [0.4, 0.5) is 0 Å². The SMILES string of the molecule is O=C(NCc1ccc[nH]1)c1ccc2c(c1)CCCC2. The van der Waals surface area contributed by atoms with Crippen molar-refractivity contribution in [2.75, 3.05) is 0 Å². The van der Waals surface area contributed by atoms with Gasteiger partial charge in [0.15, 0.2) is 0 Å². The summed E-state index contributed by atoms with van der Waals surface area (Å²) in [6, 6.07) is 10.00. The van der Waals surface area contributed by atoms with Crippen LogP contribution in [0.5, 0.6) is 0 Å². The first kappa shape index (κ1) is 12.0. The minimum atomic E-state index is 0.00275. The molecule has 0 saturated heterocycles. The number of benzene rings is 1. The van der Waals surface area contributed by atoms with Crippen LogP contribution >= 0.6 is 0 Å². The number of aryl methyl sites for hydroxylation is 2. The second kappa shape index (κ2) is 5.31. The summed E-state index contributed by atoms with van der Waals surface area (Å²) in [4.78, 5) is 15.2. The molecule has 0 radical (unpaired) electrons. The Morgan fingerprint density at radius 2 is 2.00 bits per heavy atom. The minimum absolute atomic E-state index is 0.00275. The second-order valence-corrected chi connectivity index (χ2v) is 5.07. The van der Waals surface area contributed by atoms with Crippen molar-refractivity contribution < 1.29 is 4.79 Å².